The first-order chi connectivity index (χ1) is 13.8. The van der Waals surface area contributed by atoms with E-state index in [-0.39, 0.29) is 36.9 Å². The van der Waals surface area contributed by atoms with Gasteiger partial charge in [0.1, 0.15) is 12.2 Å². The van der Waals surface area contributed by atoms with Gasteiger partial charge < -0.3 is 19.9 Å². The highest BCUT2D eigenvalue weighted by Gasteiger charge is 2.21. The van der Waals surface area contributed by atoms with E-state index in [1.807, 2.05) is 16.8 Å². The Morgan fingerprint density at radius 2 is 2.03 bits per heavy atom. The molecule has 3 N–H and O–H groups in total. The Hall–Kier alpha value is -1.39. The van der Waals surface area contributed by atoms with Crippen molar-refractivity contribution in [2.24, 2.45) is 5.92 Å². The van der Waals surface area contributed by atoms with Crippen LogP contribution in [0.1, 0.15) is 19.8 Å². The molecular formula is C20H36Cl2N6O2Si. The van der Waals surface area contributed by atoms with Crippen molar-refractivity contribution in [3.8, 4) is 0 Å². The Kier molecular flexibility index (Phi) is 11.2. The quantitative estimate of drug-likeness (QED) is 0.401. The molecule has 0 saturated carbocycles. The third kappa shape index (κ3) is 8.57. The summed E-state index contributed by atoms with van der Waals surface area (Å²) in [6, 6.07) is 2.96. The molecule has 0 spiro atoms. The summed E-state index contributed by atoms with van der Waals surface area (Å²) in [5.74, 6) is 0.895. The number of aromatic nitrogens is 3. The van der Waals surface area contributed by atoms with Crippen LogP contribution >= 0.6 is 24.8 Å². The maximum absolute atomic E-state index is 12.4. The smallest absolute Gasteiger partial charge is 0.320 e. The van der Waals surface area contributed by atoms with Gasteiger partial charge in [0.2, 0.25) is 0 Å². The number of nitrogens with one attached hydrogen (secondary N) is 3. The van der Waals surface area contributed by atoms with Crippen LogP contribution in [-0.2, 0) is 11.5 Å². The molecule has 176 valence electrons. The Labute approximate surface area is 198 Å². The molecule has 0 radical (unpaired) electrons. The van der Waals surface area contributed by atoms with Crippen LogP contribution in [0.5, 0.6) is 0 Å². The first-order valence-corrected chi connectivity index (χ1v) is 14.2. The number of amides is 2. The Bertz CT molecular complexity index is 830. The maximum atomic E-state index is 12.4. The van der Waals surface area contributed by atoms with Crippen molar-refractivity contribution in [2.45, 2.75) is 58.2 Å². The number of urea groups is 1. The van der Waals surface area contributed by atoms with Gasteiger partial charge in [0.25, 0.3) is 0 Å². The summed E-state index contributed by atoms with van der Waals surface area (Å²) >= 11 is 0. The average molecular weight is 492 g/mol. The first-order valence-electron chi connectivity index (χ1n) is 10.5. The van der Waals surface area contributed by atoms with E-state index in [2.05, 4.69) is 52.5 Å². The van der Waals surface area contributed by atoms with Gasteiger partial charge >= 0.3 is 6.03 Å². The summed E-state index contributed by atoms with van der Waals surface area (Å²) in [4.78, 5) is 21.4. The van der Waals surface area contributed by atoms with Gasteiger partial charge in [0.05, 0.1) is 6.20 Å². The van der Waals surface area contributed by atoms with E-state index in [0.717, 1.165) is 49.7 Å². The second kappa shape index (κ2) is 12.6. The van der Waals surface area contributed by atoms with Crippen molar-refractivity contribution in [1.29, 1.82) is 0 Å². The topological polar surface area (TPSA) is 93.1 Å². The molecule has 2 aromatic rings. The summed E-state index contributed by atoms with van der Waals surface area (Å²) in [5, 5.41) is 9.27. The fraction of sp³-hybridized carbons (Fsp3) is 0.650. The molecule has 1 fully saturated rings. The zero-order chi connectivity index (χ0) is 20.9. The molecule has 0 bridgehead atoms. The third-order valence-electron chi connectivity index (χ3n) is 5.34. The van der Waals surface area contributed by atoms with Gasteiger partial charge in [-0.2, -0.15) is 0 Å². The number of hydrogen-bond donors (Lipinski definition) is 3. The van der Waals surface area contributed by atoms with E-state index in [1.54, 1.807) is 6.20 Å². The number of anilines is 1. The third-order valence-corrected chi connectivity index (χ3v) is 7.05. The molecule has 2 unspecified atom stereocenters. The molecule has 0 aliphatic carbocycles. The van der Waals surface area contributed by atoms with Gasteiger partial charge in [-0.25, -0.2) is 14.8 Å². The fourth-order valence-electron chi connectivity index (χ4n) is 3.40. The van der Waals surface area contributed by atoms with E-state index < -0.39 is 8.07 Å². The molecule has 8 nitrogen and oxygen atoms in total. The molecule has 3 rings (SSSR count). The number of carbonyl (C=O) groups is 1. The van der Waals surface area contributed by atoms with E-state index in [1.165, 1.54) is 0 Å². The standard InChI is InChI=1S/C20H34N6O2Si.2ClH/c1-15-5-8-21-9-6-16(15)24-20(27)25-18-13-22-19-17(23-18)7-10-26(19)14-28-11-12-29(2,3)4;;/h7,10,13,15-16,21H,5-6,8-9,11-12,14H2,1-4H3,(H2,23,24,25,27);2*1H. The average Bonchev–Trinajstić information content (AvgIpc) is 2.94. The molecule has 31 heavy (non-hydrogen) atoms. The predicted molar refractivity (Wildman–Crippen MR) is 133 cm³/mol. The zero-order valence-electron chi connectivity index (χ0n) is 18.8. The Balaban J connectivity index is 0.00000240. The molecule has 3 heterocycles. The summed E-state index contributed by atoms with van der Waals surface area (Å²) in [6.07, 6.45) is 5.51. The molecule has 1 saturated heterocycles. The van der Waals surface area contributed by atoms with Gasteiger partial charge in [0, 0.05) is 26.9 Å². The SMILES string of the molecule is CC1CCNCCC1NC(=O)Nc1cnc2c(ccn2COCC[Si](C)(C)C)n1.Cl.Cl. The van der Waals surface area contributed by atoms with Crippen LogP contribution in [-0.4, -0.2) is 54.4 Å². The number of carbonyl (C=O) groups excluding carboxylic acids is 1. The monoisotopic (exact) mass is 490 g/mol. The number of ether oxygens (including phenoxy) is 1. The lowest BCUT2D eigenvalue weighted by molar-refractivity contribution is 0.0899. The highest BCUT2D eigenvalue weighted by molar-refractivity contribution is 6.76. The number of nitrogens with zero attached hydrogens (tertiary/aromatic N) is 3. The number of hydrogen-bond acceptors (Lipinski definition) is 5. The summed E-state index contributed by atoms with van der Waals surface area (Å²) < 4.78 is 7.75. The van der Waals surface area contributed by atoms with Crippen LogP contribution in [0.4, 0.5) is 10.6 Å². The second-order valence-electron chi connectivity index (χ2n) is 9.11. The second-order valence-corrected chi connectivity index (χ2v) is 14.7. The molecule has 2 atom stereocenters. The Morgan fingerprint density at radius 3 is 2.77 bits per heavy atom. The summed E-state index contributed by atoms with van der Waals surface area (Å²) in [5.41, 5.74) is 1.50. The van der Waals surface area contributed by atoms with Crippen LogP contribution in [0.25, 0.3) is 11.2 Å². The first kappa shape index (κ1) is 27.6. The summed E-state index contributed by atoms with van der Waals surface area (Å²) in [7, 11) is -1.09. The molecule has 2 aromatic heterocycles. The van der Waals surface area contributed by atoms with Crippen molar-refractivity contribution in [3.05, 3.63) is 18.5 Å². The van der Waals surface area contributed by atoms with E-state index >= 15 is 0 Å². The van der Waals surface area contributed by atoms with Crippen molar-refractivity contribution < 1.29 is 9.53 Å². The van der Waals surface area contributed by atoms with Crippen LogP contribution in [0, 0.1) is 5.92 Å². The fourth-order valence-corrected chi connectivity index (χ4v) is 4.16. The number of halogens is 2. The number of fused-ring (bicyclic) bond motifs is 1. The van der Waals surface area contributed by atoms with Crippen LogP contribution in [0.3, 0.4) is 0 Å². The highest BCUT2D eigenvalue weighted by Crippen LogP contribution is 2.16. The van der Waals surface area contributed by atoms with Gasteiger partial charge in [-0.1, -0.05) is 26.6 Å². The molecule has 11 heteroatoms. The van der Waals surface area contributed by atoms with Gasteiger partial charge in [-0.15, -0.1) is 24.8 Å². The predicted octanol–water partition coefficient (Wildman–Crippen LogP) is 4.10. The van der Waals surface area contributed by atoms with Crippen LogP contribution < -0.4 is 16.0 Å². The van der Waals surface area contributed by atoms with E-state index in [4.69, 9.17) is 4.74 Å². The van der Waals surface area contributed by atoms with Crippen molar-refractivity contribution >= 4 is 55.9 Å². The minimum absolute atomic E-state index is 0. The zero-order valence-corrected chi connectivity index (χ0v) is 21.4. The van der Waals surface area contributed by atoms with Crippen LogP contribution in [0.2, 0.25) is 25.7 Å². The number of rotatable bonds is 7. The molecular weight excluding hydrogens is 455 g/mol. The lowest BCUT2D eigenvalue weighted by atomic mass is 9.97. The normalized spacial score (nSPS) is 19.1. The molecule has 1 aliphatic rings. The van der Waals surface area contributed by atoms with Gasteiger partial charge in [0.15, 0.2) is 11.5 Å². The molecule has 0 aromatic carbocycles. The van der Waals surface area contributed by atoms with Crippen molar-refractivity contribution in [3.63, 3.8) is 0 Å². The van der Waals surface area contributed by atoms with E-state index in [9.17, 15) is 4.79 Å². The lowest BCUT2D eigenvalue weighted by Gasteiger charge is -2.22. The Morgan fingerprint density at radius 1 is 1.29 bits per heavy atom. The highest BCUT2D eigenvalue weighted by atomic mass is 35.5. The van der Waals surface area contributed by atoms with Gasteiger partial charge in [-0.05, 0) is 44.0 Å². The minimum atomic E-state index is -1.09. The van der Waals surface area contributed by atoms with Crippen molar-refractivity contribution in [1.82, 2.24) is 25.2 Å². The molecule has 2 amide bonds. The van der Waals surface area contributed by atoms with Crippen molar-refractivity contribution in [2.75, 3.05) is 25.0 Å². The maximum Gasteiger partial charge on any atom is 0.320 e. The van der Waals surface area contributed by atoms with E-state index in [0.29, 0.717) is 18.5 Å². The minimum Gasteiger partial charge on any atom is -0.361 e. The van der Waals surface area contributed by atoms with Crippen LogP contribution in [0.15, 0.2) is 18.5 Å². The van der Waals surface area contributed by atoms with Gasteiger partial charge in [-0.3, -0.25) is 5.32 Å². The lowest BCUT2D eigenvalue weighted by Crippen LogP contribution is -2.42. The summed E-state index contributed by atoms with van der Waals surface area (Å²) in [6.45, 7) is 12.3. The largest absolute Gasteiger partial charge is 0.361 e. The molecule has 1 aliphatic heterocycles.